The van der Waals surface area contributed by atoms with E-state index in [1.165, 1.54) is 302 Å². The Morgan fingerprint density at radius 1 is 0.343 bits per heavy atom. The summed E-state index contributed by atoms with van der Waals surface area (Å²) in [7, 11) is 0. The fourth-order valence-corrected chi connectivity index (χ4v) is 10.5. The van der Waals surface area contributed by atoms with Crippen LogP contribution in [0.2, 0.25) is 0 Å². The molecule has 3 N–H and O–H groups in total. The molecule has 2 unspecified atom stereocenters. The lowest BCUT2D eigenvalue weighted by Gasteiger charge is -2.22. The van der Waals surface area contributed by atoms with Gasteiger partial charge in [-0.1, -0.05) is 335 Å². The normalized spacial score (nSPS) is 12.5. The van der Waals surface area contributed by atoms with E-state index < -0.39 is 12.1 Å². The number of hydrogen-bond acceptors (Lipinski definition) is 5. The summed E-state index contributed by atoms with van der Waals surface area (Å²) in [5.74, 6) is -0.0117. The minimum Gasteiger partial charge on any atom is -0.466 e. The molecule has 0 radical (unpaired) electrons. The number of rotatable bonds is 61. The smallest absolute Gasteiger partial charge is 0.305 e. The van der Waals surface area contributed by atoms with Gasteiger partial charge in [0.2, 0.25) is 5.91 Å². The van der Waals surface area contributed by atoms with Gasteiger partial charge in [-0.2, -0.15) is 0 Å². The third-order valence-electron chi connectivity index (χ3n) is 15.4. The zero-order chi connectivity index (χ0) is 50.7. The topological polar surface area (TPSA) is 95.9 Å². The quantitative estimate of drug-likeness (QED) is 0.0417. The Morgan fingerprint density at radius 2 is 0.586 bits per heavy atom. The van der Waals surface area contributed by atoms with E-state index in [9.17, 15) is 19.8 Å². The van der Waals surface area contributed by atoms with Crippen LogP contribution in [-0.2, 0) is 14.3 Å². The van der Waals surface area contributed by atoms with Crippen molar-refractivity contribution in [2.75, 3.05) is 13.2 Å². The van der Waals surface area contributed by atoms with Crippen LogP contribution in [0.25, 0.3) is 0 Å². The number of nitrogens with one attached hydrogen (secondary N) is 1. The number of ether oxygens (including phenoxy) is 1. The van der Waals surface area contributed by atoms with Crippen molar-refractivity contribution >= 4 is 11.9 Å². The SMILES string of the molecule is CCCCCCCCCCCCCCCCCC(O)C(CO)NC(=O)CCCCCCCCCCCCCCCCCCCCCCCCCCOC(=O)CCCCCCCCCCCCCCCC. The largest absolute Gasteiger partial charge is 0.466 e. The van der Waals surface area contributed by atoms with Crippen molar-refractivity contribution in [3.63, 3.8) is 0 Å². The van der Waals surface area contributed by atoms with Gasteiger partial charge in [-0.15, -0.1) is 0 Å². The second-order valence-corrected chi connectivity index (χ2v) is 22.5. The molecule has 0 aromatic rings. The molecule has 6 heteroatoms. The van der Waals surface area contributed by atoms with Crippen LogP contribution in [0.15, 0.2) is 0 Å². The van der Waals surface area contributed by atoms with E-state index >= 15 is 0 Å². The number of hydrogen-bond donors (Lipinski definition) is 3. The van der Waals surface area contributed by atoms with Crippen LogP contribution in [0.1, 0.15) is 373 Å². The van der Waals surface area contributed by atoms with Crippen LogP contribution in [-0.4, -0.2) is 47.4 Å². The fraction of sp³-hybridized carbons (Fsp3) is 0.969. The van der Waals surface area contributed by atoms with Gasteiger partial charge in [-0.3, -0.25) is 9.59 Å². The van der Waals surface area contributed by atoms with Crippen molar-refractivity contribution < 1.29 is 24.5 Å². The van der Waals surface area contributed by atoms with Crippen molar-refractivity contribution in [1.29, 1.82) is 0 Å². The third kappa shape index (κ3) is 56.2. The van der Waals surface area contributed by atoms with Gasteiger partial charge in [0.15, 0.2) is 0 Å². The van der Waals surface area contributed by atoms with E-state index in [1.54, 1.807) is 0 Å². The molecule has 0 rings (SSSR count). The summed E-state index contributed by atoms with van der Waals surface area (Å²) in [4.78, 5) is 24.5. The van der Waals surface area contributed by atoms with E-state index in [0.29, 0.717) is 25.9 Å². The minimum absolute atomic E-state index is 0.0188. The van der Waals surface area contributed by atoms with Gasteiger partial charge < -0.3 is 20.3 Å². The lowest BCUT2D eigenvalue weighted by molar-refractivity contribution is -0.143. The van der Waals surface area contributed by atoms with E-state index in [-0.39, 0.29) is 18.5 Å². The molecule has 0 heterocycles. The van der Waals surface area contributed by atoms with Crippen LogP contribution >= 0.6 is 0 Å². The average Bonchev–Trinajstić information content (AvgIpc) is 3.36. The second-order valence-electron chi connectivity index (χ2n) is 22.5. The summed E-state index contributed by atoms with van der Waals surface area (Å²) in [6.07, 6.45) is 71.2. The Hall–Kier alpha value is -1.14. The maximum Gasteiger partial charge on any atom is 0.305 e. The molecule has 6 nitrogen and oxygen atoms in total. The average molecular weight is 991 g/mol. The van der Waals surface area contributed by atoms with Gasteiger partial charge in [0.05, 0.1) is 25.4 Å². The number of carbonyl (C=O) groups excluding carboxylic acids is 2. The monoisotopic (exact) mass is 990 g/mol. The summed E-state index contributed by atoms with van der Waals surface area (Å²) in [5, 5.41) is 23.3. The Labute approximate surface area is 438 Å². The standard InChI is InChI=1S/C64H127NO5/c1-3-5-7-9-11-13-15-17-29-32-36-40-44-48-52-56-62(67)61(60-66)65-63(68)57-53-49-45-41-37-33-30-27-25-23-21-19-20-22-24-26-28-31-35-39-43-47-51-55-59-70-64(69)58-54-50-46-42-38-34-18-16-14-12-10-8-6-4-2/h61-62,66-67H,3-60H2,1-2H3,(H,65,68). The summed E-state index contributed by atoms with van der Waals surface area (Å²) in [6, 6.07) is -0.539. The van der Waals surface area contributed by atoms with Crippen molar-refractivity contribution in [2.45, 2.75) is 386 Å². The van der Waals surface area contributed by atoms with Gasteiger partial charge in [-0.05, 0) is 25.7 Å². The van der Waals surface area contributed by atoms with Crippen LogP contribution in [0.5, 0.6) is 0 Å². The maximum absolute atomic E-state index is 12.5. The van der Waals surface area contributed by atoms with Crippen molar-refractivity contribution in [1.82, 2.24) is 5.32 Å². The van der Waals surface area contributed by atoms with Gasteiger partial charge >= 0.3 is 5.97 Å². The summed E-state index contributed by atoms with van der Waals surface area (Å²) in [6.45, 7) is 4.99. The van der Waals surface area contributed by atoms with Gasteiger partial charge in [0, 0.05) is 12.8 Å². The molecular formula is C64H127NO5. The van der Waals surface area contributed by atoms with Crippen LogP contribution in [0.4, 0.5) is 0 Å². The Balaban J connectivity index is 3.34. The summed E-state index contributed by atoms with van der Waals surface area (Å²) in [5.41, 5.74) is 0. The van der Waals surface area contributed by atoms with E-state index in [0.717, 1.165) is 38.5 Å². The molecule has 0 aliphatic heterocycles. The van der Waals surface area contributed by atoms with E-state index in [1.807, 2.05) is 0 Å². The molecule has 0 fully saturated rings. The van der Waals surface area contributed by atoms with Crippen LogP contribution < -0.4 is 5.32 Å². The zero-order valence-electron chi connectivity index (χ0n) is 47.8. The van der Waals surface area contributed by atoms with Crippen LogP contribution in [0.3, 0.4) is 0 Å². The molecule has 0 saturated carbocycles. The molecule has 0 aromatic heterocycles. The number of esters is 1. The molecule has 0 bridgehead atoms. The highest BCUT2D eigenvalue weighted by atomic mass is 16.5. The molecule has 0 aliphatic carbocycles. The predicted octanol–water partition coefficient (Wildman–Crippen LogP) is 20.3. The van der Waals surface area contributed by atoms with E-state index in [2.05, 4.69) is 19.2 Å². The Kier molecular flexibility index (Phi) is 59.4. The fourth-order valence-electron chi connectivity index (χ4n) is 10.5. The first-order valence-corrected chi connectivity index (χ1v) is 32.3. The highest BCUT2D eigenvalue weighted by Crippen LogP contribution is 2.19. The van der Waals surface area contributed by atoms with Gasteiger partial charge in [0.1, 0.15) is 0 Å². The maximum atomic E-state index is 12.5. The van der Waals surface area contributed by atoms with Crippen molar-refractivity contribution in [2.24, 2.45) is 0 Å². The van der Waals surface area contributed by atoms with Crippen molar-refractivity contribution in [3.8, 4) is 0 Å². The van der Waals surface area contributed by atoms with Gasteiger partial charge in [-0.25, -0.2) is 0 Å². The predicted molar refractivity (Wildman–Crippen MR) is 306 cm³/mol. The molecule has 0 spiro atoms. The minimum atomic E-state index is -0.662. The number of aliphatic hydroxyl groups is 2. The highest BCUT2D eigenvalue weighted by Gasteiger charge is 2.20. The zero-order valence-corrected chi connectivity index (χ0v) is 47.8. The summed E-state index contributed by atoms with van der Waals surface area (Å²) >= 11 is 0. The Morgan fingerprint density at radius 3 is 0.871 bits per heavy atom. The lowest BCUT2D eigenvalue weighted by atomic mass is 10.0. The number of amides is 1. The molecule has 0 aliphatic rings. The Bertz CT molecular complexity index is 1010. The lowest BCUT2D eigenvalue weighted by Crippen LogP contribution is -2.45. The van der Waals surface area contributed by atoms with Gasteiger partial charge in [0.25, 0.3) is 0 Å². The molecular weight excluding hydrogens is 863 g/mol. The van der Waals surface area contributed by atoms with Crippen LogP contribution in [0, 0.1) is 0 Å². The van der Waals surface area contributed by atoms with Crippen molar-refractivity contribution in [3.05, 3.63) is 0 Å². The molecule has 0 saturated heterocycles. The first-order valence-electron chi connectivity index (χ1n) is 32.3. The second kappa shape index (κ2) is 60.4. The third-order valence-corrected chi connectivity index (χ3v) is 15.4. The molecule has 0 aromatic carbocycles. The number of aliphatic hydroxyl groups excluding tert-OH is 2. The first-order chi connectivity index (χ1) is 34.5. The molecule has 1 amide bonds. The summed E-state index contributed by atoms with van der Waals surface area (Å²) < 4.78 is 5.49. The first kappa shape index (κ1) is 68.9. The highest BCUT2D eigenvalue weighted by molar-refractivity contribution is 5.76. The van der Waals surface area contributed by atoms with E-state index in [4.69, 9.17) is 4.74 Å². The molecule has 70 heavy (non-hydrogen) atoms. The number of carbonyl (C=O) groups is 2. The molecule has 2 atom stereocenters. The molecule has 418 valence electrons. The number of unbranched alkanes of at least 4 members (excludes halogenated alkanes) is 50.